The highest BCUT2D eigenvalue weighted by Gasteiger charge is 1.90. The summed E-state index contributed by atoms with van der Waals surface area (Å²) >= 11 is 5.83. The van der Waals surface area contributed by atoms with Crippen LogP contribution >= 0.6 is 11.6 Å². The summed E-state index contributed by atoms with van der Waals surface area (Å²) in [6, 6.07) is 16.8. The lowest BCUT2D eigenvalue weighted by Crippen LogP contribution is -1.85. The average Bonchev–Trinajstić information content (AvgIpc) is 2.30. The third-order valence-corrected chi connectivity index (χ3v) is 2.16. The first-order valence-electron chi connectivity index (χ1n) is 4.82. The van der Waals surface area contributed by atoms with Crippen molar-refractivity contribution in [2.45, 2.75) is 0 Å². The van der Waals surface area contributed by atoms with Crippen LogP contribution in [0.25, 0.3) is 0 Å². The molecule has 0 atom stereocenters. The van der Waals surface area contributed by atoms with E-state index in [1.807, 2.05) is 42.5 Å². The quantitative estimate of drug-likeness (QED) is 0.615. The number of rotatable bonds is 3. The van der Waals surface area contributed by atoms with Gasteiger partial charge in [-0.1, -0.05) is 41.1 Å². The maximum atomic E-state index is 5.83. The lowest BCUT2D eigenvalue weighted by molar-refractivity contribution is 1.13. The Morgan fingerprint density at radius 3 is 2.50 bits per heavy atom. The summed E-state index contributed by atoms with van der Waals surface area (Å²) in [5.74, 6) is 0. The molecule has 0 aliphatic heterocycles. The molecule has 3 nitrogen and oxygen atoms in total. The van der Waals surface area contributed by atoms with Crippen LogP contribution in [0, 0.1) is 0 Å². The van der Waals surface area contributed by atoms with Crippen LogP contribution in [0.15, 0.2) is 64.9 Å². The lowest BCUT2D eigenvalue weighted by atomic mass is 10.3. The van der Waals surface area contributed by atoms with Crippen LogP contribution < -0.4 is 5.43 Å². The monoisotopic (exact) mass is 231 g/mol. The number of nitrogens with one attached hydrogen (secondary N) is 1. The summed E-state index contributed by atoms with van der Waals surface area (Å²) in [5.41, 5.74) is 4.42. The van der Waals surface area contributed by atoms with Gasteiger partial charge in [0.2, 0.25) is 0 Å². The Kier molecular flexibility index (Phi) is 3.51. The van der Waals surface area contributed by atoms with E-state index in [1.54, 1.807) is 12.1 Å². The fraction of sp³-hybridized carbons (Fsp3) is 0. The summed E-state index contributed by atoms with van der Waals surface area (Å²) in [6.45, 7) is 0. The van der Waals surface area contributed by atoms with Crippen LogP contribution in [0.5, 0.6) is 0 Å². The summed E-state index contributed by atoms with van der Waals surface area (Å²) in [4.78, 5) is 0. The van der Waals surface area contributed by atoms with Gasteiger partial charge in [-0.05, 0) is 30.3 Å². The molecule has 0 spiro atoms. The average molecular weight is 232 g/mol. The van der Waals surface area contributed by atoms with Gasteiger partial charge in [-0.2, -0.15) is 0 Å². The van der Waals surface area contributed by atoms with Crippen molar-refractivity contribution in [2.75, 3.05) is 5.43 Å². The first-order valence-corrected chi connectivity index (χ1v) is 5.20. The zero-order valence-corrected chi connectivity index (χ0v) is 9.22. The van der Waals surface area contributed by atoms with Crippen LogP contribution in [0.1, 0.15) is 0 Å². The Morgan fingerprint density at radius 2 is 1.75 bits per heavy atom. The maximum Gasteiger partial charge on any atom is 0.0874 e. The topological polar surface area (TPSA) is 36.8 Å². The van der Waals surface area contributed by atoms with E-state index in [2.05, 4.69) is 15.8 Å². The summed E-state index contributed by atoms with van der Waals surface area (Å²) < 4.78 is 0. The van der Waals surface area contributed by atoms with Gasteiger partial charge in [0, 0.05) is 5.02 Å². The molecule has 2 aromatic carbocycles. The number of halogens is 1. The van der Waals surface area contributed by atoms with E-state index < -0.39 is 0 Å². The Labute approximate surface area is 98.8 Å². The van der Waals surface area contributed by atoms with E-state index in [0.29, 0.717) is 5.02 Å². The first-order chi connectivity index (χ1) is 7.84. The molecule has 0 amide bonds. The molecule has 0 saturated heterocycles. The molecular weight excluding hydrogens is 222 g/mol. The molecule has 2 rings (SSSR count). The molecule has 0 aliphatic rings. The highest BCUT2D eigenvalue weighted by atomic mass is 35.5. The molecule has 1 N–H and O–H groups in total. The molecule has 80 valence electrons. The van der Waals surface area contributed by atoms with Gasteiger partial charge in [0.1, 0.15) is 0 Å². The molecular formula is C12H10ClN3. The van der Waals surface area contributed by atoms with E-state index in [1.165, 1.54) is 0 Å². The number of hydrogen-bond donors (Lipinski definition) is 1. The summed E-state index contributed by atoms with van der Waals surface area (Å²) in [7, 11) is 0. The van der Waals surface area contributed by atoms with Crippen molar-refractivity contribution in [3.8, 4) is 0 Å². The lowest BCUT2D eigenvalue weighted by Gasteiger charge is -1.98. The number of anilines is 1. The second-order valence-electron chi connectivity index (χ2n) is 3.16. The zero-order chi connectivity index (χ0) is 11.2. The fourth-order valence-corrected chi connectivity index (χ4v) is 1.38. The number of benzene rings is 2. The molecule has 0 aromatic heterocycles. The van der Waals surface area contributed by atoms with E-state index in [4.69, 9.17) is 11.6 Å². The third kappa shape index (κ3) is 3.07. The van der Waals surface area contributed by atoms with Gasteiger partial charge in [0.15, 0.2) is 0 Å². The van der Waals surface area contributed by atoms with Gasteiger partial charge < -0.3 is 0 Å². The molecule has 0 bridgehead atoms. The highest BCUT2D eigenvalue weighted by Crippen LogP contribution is 2.16. The molecule has 4 heteroatoms. The Bertz CT molecular complexity index is 483. The Morgan fingerprint density at radius 1 is 0.938 bits per heavy atom. The molecule has 2 aromatic rings. The van der Waals surface area contributed by atoms with Crippen LogP contribution in [0.2, 0.25) is 5.02 Å². The van der Waals surface area contributed by atoms with Gasteiger partial charge in [0.05, 0.1) is 11.4 Å². The predicted octanol–water partition coefficient (Wildman–Crippen LogP) is 4.45. The zero-order valence-electron chi connectivity index (χ0n) is 8.47. The van der Waals surface area contributed by atoms with E-state index in [-0.39, 0.29) is 0 Å². The van der Waals surface area contributed by atoms with E-state index in [0.717, 1.165) is 11.4 Å². The molecule has 0 unspecified atom stereocenters. The van der Waals surface area contributed by atoms with Crippen LogP contribution in [0.4, 0.5) is 11.4 Å². The highest BCUT2D eigenvalue weighted by molar-refractivity contribution is 6.30. The fourth-order valence-electron chi connectivity index (χ4n) is 1.19. The molecule has 0 saturated carbocycles. The SMILES string of the molecule is Clc1cccc(NN=Nc2ccccc2)c1. The van der Waals surface area contributed by atoms with Crippen molar-refractivity contribution < 1.29 is 0 Å². The third-order valence-electron chi connectivity index (χ3n) is 1.93. The first kappa shape index (κ1) is 10.6. The smallest absolute Gasteiger partial charge is 0.0874 e. The van der Waals surface area contributed by atoms with Crippen molar-refractivity contribution in [3.63, 3.8) is 0 Å². The minimum atomic E-state index is 0.667. The van der Waals surface area contributed by atoms with E-state index in [9.17, 15) is 0 Å². The van der Waals surface area contributed by atoms with Gasteiger partial charge in [-0.15, -0.1) is 5.11 Å². The molecule has 0 aliphatic carbocycles. The van der Waals surface area contributed by atoms with Gasteiger partial charge in [-0.25, -0.2) is 0 Å². The van der Waals surface area contributed by atoms with Crippen LogP contribution in [0.3, 0.4) is 0 Å². The largest absolute Gasteiger partial charge is 0.260 e. The van der Waals surface area contributed by atoms with Crippen LogP contribution in [-0.2, 0) is 0 Å². The molecule has 0 fully saturated rings. The minimum Gasteiger partial charge on any atom is -0.260 e. The molecule has 0 heterocycles. The van der Waals surface area contributed by atoms with Crippen molar-refractivity contribution in [1.29, 1.82) is 0 Å². The normalized spacial score (nSPS) is 10.6. The second-order valence-corrected chi connectivity index (χ2v) is 3.59. The number of hydrogen-bond acceptors (Lipinski definition) is 2. The Balaban J connectivity index is 2.00. The van der Waals surface area contributed by atoms with Gasteiger partial charge in [-0.3, -0.25) is 5.43 Å². The maximum absolute atomic E-state index is 5.83. The van der Waals surface area contributed by atoms with E-state index >= 15 is 0 Å². The molecule has 0 radical (unpaired) electrons. The van der Waals surface area contributed by atoms with Crippen molar-refractivity contribution in [1.82, 2.24) is 0 Å². The minimum absolute atomic E-state index is 0.667. The molecule has 16 heavy (non-hydrogen) atoms. The Hall–Kier alpha value is -1.87. The van der Waals surface area contributed by atoms with Gasteiger partial charge >= 0.3 is 0 Å². The summed E-state index contributed by atoms with van der Waals surface area (Å²) in [6.07, 6.45) is 0. The number of nitrogens with zero attached hydrogens (tertiary/aromatic N) is 2. The predicted molar refractivity (Wildman–Crippen MR) is 66.0 cm³/mol. The van der Waals surface area contributed by atoms with Crippen LogP contribution in [-0.4, -0.2) is 0 Å². The van der Waals surface area contributed by atoms with Gasteiger partial charge in [0.25, 0.3) is 0 Å². The van der Waals surface area contributed by atoms with Crippen molar-refractivity contribution in [2.24, 2.45) is 10.3 Å². The standard InChI is InChI=1S/C12H10ClN3/c13-10-5-4-8-12(9-10)15-16-14-11-6-2-1-3-7-11/h1-9H,(H,14,15). The van der Waals surface area contributed by atoms with Crippen molar-refractivity contribution >= 4 is 23.0 Å². The van der Waals surface area contributed by atoms with Crippen molar-refractivity contribution in [3.05, 3.63) is 59.6 Å². The second kappa shape index (κ2) is 5.28. The summed E-state index contributed by atoms with van der Waals surface area (Å²) in [5, 5.41) is 8.54.